The lowest BCUT2D eigenvalue weighted by Crippen LogP contribution is -2.30. The Morgan fingerprint density at radius 2 is 0.418 bits per heavy atom. The monoisotopic (exact) mass is 1110 g/mol. The van der Waals surface area contributed by atoms with Gasteiger partial charge in [0.25, 0.3) is 0 Å². The van der Waals surface area contributed by atoms with Crippen LogP contribution >= 0.6 is 0 Å². The van der Waals surface area contributed by atoms with Crippen LogP contribution in [0.3, 0.4) is 0 Å². The molecule has 0 rings (SSSR count). The highest BCUT2D eigenvalue weighted by molar-refractivity contribution is 5.71. The Kier molecular flexibility index (Phi) is 67.0. The van der Waals surface area contributed by atoms with E-state index < -0.39 is 6.10 Å². The lowest BCUT2D eigenvalue weighted by atomic mass is 10.0. The van der Waals surface area contributed by atoms with Crippen LogP contribution in [0.5, 0.6) is 0 Å². The first-order valence-corrected chi connectivity index (χ1v) is 36.2. The van der Waals surface area contributed by atoms with Crippen LogP contribution in [-0.4, -0.2) is 37.2 Å². The van der Waals surface area contributed by atoms with Crippen molar-refractivity contribution in [3.05, 3.63) is 12.2 Å². The van der Waals surface area contributed by atoms with Crippen LogP contribution in [0.25, 0.3) is 0 Å². The molecule has 1 atom stereocenters. The highest BCUT2D eigenvalue weighted by Gasteiger charge is 2.19. The predicted molar refractivity (Wildman–Crippen MR) is 344 cm³/mol. The van der Waals surface area contributed by atoms with E-state index in [9.17, 15) is 14.4 Å². The van der Waals surface area contributed by atoms with Crippen LogP contribution in [0.4, 0.5) is 0 Å². The molecule has 6 heteroatoms. The summed E-state index contributed by atoms with van der Waals surface area (Å²) >= 11 is 0. The van der Waals surface area contributed by atoms with Crippen molar-refractivity contribution in [3.63, 3.8) is 0 Å². The molecule has 0 bridgehead atoms. The molecule has 0 radical (unpaired) electrons. The summed E-state index contributed by atoms with van der Waals surface area (Å²) in [5, 5.41) is 0. The molecule has 0 heterocycles. The molecule has 79 heavy (non-hydrogen) atoms. The number of hydrogen-bond acceptors (Lipinski definition) is 6. The van der Waals surface area contributed by atoms with Gasteiger partial charge in [-0.3, -0.25) is 14.4 Å². The highest BCUT2D eigenvalue weighted by Crippen LogP contribution is 2.19. The number of rotatable bonds is 68. The average Bonchev–Trinajstić information content (AvgIpc) is 3.45. The standard InChI is InChI=1S/C73H140O6/c1-4-7-10-13-16-19-22-25-27-29-30-31-32-33-34-35-36-37-38-39-40-41-42-43-45-46-48-51-54-57-60-63-66-72(75)78-69-70(68-77-71(74)65-62-59-56-53-50-24-21-18-15-12-9-6-3)79-73(76)67-64-61-58-55-52-49-47-44-28-26-23-20-17-14-11-8-5-2/h18,21,70H,4-17,19-20,22-69H2,1-3H3/b21-18-. The van der Waals surface area contributed by atoms with Gasteiger partial charge >= 0.3 is 17.9 Å². The Morgan fingerprint density at radius 3 is 0.658 bits per heavy atom. The maximum absolute atomic E-state index is 12.9. The SMILES string of the molecule is CCCCC/C=C\CCCCCCCC(=O)OCC(COC(=O)CCCCCCCCCCCCCCCCCCCCCCCCCCCCCCCCCC)OC(=O)CCCCCCCCCCCCCCCCCCC. The summed E-state index contributed by atoms with van der Waals surface area (Å²) in [6, 6.07) is 0. The third-order valence-corrected chi connectivity index (χ3v) is 16.8. The topological polar surface area (TPSA) is 78.9 Å². The number of carbonyl (C=O) groups is 3. The molecule has 0 aromatic rings. The Morgan fingerprint density at radius 1 is 0.241 bits per heavy atom. The molecular formula is C73H140O6. The molecule has 0 N–H and O–H groups in total. The Balaban J connectivity index is 4.06. The lowest BCUT2D eigenvalue weighted by Gasteiger charge is -2.18. The maximum Gasteiger partial charge on any atom is 0.306 e. The molecule has 0 aliphatic carbocycles. The van der Waals surface area contributed by atoms with E-state index in [-0.39, 0.29) is 31.1 Å². The molecule has 0 saturated carbocycles. The van der Waals surface area contributed by atoms with Crippen molar-refractivity contribution in [1.82, 2.24) is 0 Å². The van der Waals surface area contributed by atoms with Gasteiger partial charge in [0, 0.05) is 19.3 Å². The van der Waals surface area contributed by atoms with Crippen molar-refractivity contribution in [2.45, 2.75) is 425 Å². The van der Waals surface area contributed by atoms with Crippen molar-refractivity contribution in [2.75, 3.05) is 13.2 Å². The first-order chi connectivity index (χ1) is 39.0. The second kappa shape index (κ2) is 68.6. The van der Waals surface area contributed by atoms with Crippen LogP contribution in [0.15, 0.2) is 12.2 Å². The fourth-order valence-electron chi connectivity index (χ4n) is 11.3. The Hall–Kier alpha value is -1.85. The van der Waals surface area contributed by atoms with Crippen molar-refractivity contribution >= 4 is 17.9 Å². The molecule has 0 aliphatic heterocycles. The zero-order chi connectivity index (χ0) is 57.1. The summed E-state index contributed by atoms with van der Waals surface area (Å²) in [7, 11) is 0. The first-order valence-electron chi connectivity index (χ1n) is 36.2. The molecule has 0 aromatic carbocycles. The maximum atomic E-state index is 12.9. The van der Waals surface area contributed by atoms with Gasteiger partial charge in [-0.15, -0.1) is 0 Å². The fourth-order valence-corrected chi connectivity index (χ4v) is 11.3. The van der Waals surface area contributed by atoms with Crippen LogP contribution < -0.4 is 0 Å². The summed E-state index contributed by atoms with van der Waals surface area (Å²) in [6.45, 7) is 6.70. The van der Waals surface area contributed by atoms with E-state index in [1.807, 2.05) is 0 Å². The van der Waals surface area contributed by atoms with E-state index >= 15 is 0 Å². The zero-order valence-corrected chi connectivity index (χ0v) is 53.9. The second-order valence-electron chi connectivity index (χ2n) is 24.9. The predicted octanol–water partition coefficient (Wildman–Crippen LogP) is 24.8. The molecule has 0 saturated heterocycles. The summed E-state index contributed by atoms with van der Waals surface area (Å²) in [5.74, 6) is -0.842. The minimum Gasteiger partial charge on any atom is -0.462 e. The quantitative estimate of drug-likeness (QED) is 0.0261. The van der Waals surface area contributed by atoms with Crippen molar-refractivity contribution in [3.8, 4) is 0 Å². The lowest BCUT2D eigenvalue weighted by molar-refractivity contribution is -0.167. The van der Waals surface area contributed by atoms with E-state index in [0.717, 1.165) is 64.2 Å². The van der Waals surface area contributed by atoms with Gasteiger partial charge < -0.3 is 14.2 Å². The molecule has 0 aliphatic rings. The van der Waals surface area contributed by atoms with E-state index in [1.165, 1.54) is 315 Å². The minimum atomic E-state index is -0.769. The van der Waals surface area contributed by atoms with Gasteiger partial charge in [-0.1, -0.05) is 367 Å². The number of allylic oxidation sites excluding steroid dienone is 2. The molecule has 468 valence electrons. The van der Waals surface area contributed by atoms with Gasteiger partial charge in [-0.05, 0) is 44.9 Å². The molecule has 6 nitrogen and oxygen atoms in total. The summed E-state index contributed by atoms with van der Waals surface area (Å²) in [5.41, 5.74) is 0. The number of hydrogen-bond donors (Lipinski definition) is 0. The fraction of sp³-hybridized carbons (Fsp3) is 0.932. The Labute approximate surface area is 494 Å². The first kappa shape index (κ1) is 77.2. The van der Waals surface area contributed by atoms with Gasteiger partial charge in [0.05, 0.1) is 0 Å². The Bertz CT molecular complexity index is 1230. The number of carbonyl (C=O) groups excluding carboxylic acids is 3. The smallest absolute Gasteiger partial charge is 0.306 e. The third kappa shape index (κ3) is 66.8. The van der Waals surface area contributed by atoms with Crippen LogP contribution in [0, 0.1) is 0 Å². The van der Waals surface area contributed by atoms with Crippen LogP contribution in [0.1, 0.15) is 419 Å². The second-order valence-corrected chi connectivity index (χ2v) is 24.9. The van der Waals surface area contributed by atoms with Gasteiger partial charge in [0.15, 0.2) is 6.10 Å². The van der Waals surface area contributed by atoms with E-state index in [0.29, 0.717) is 19.3 Å². The van der Waals surface area contributed by atoms with E-state index in [4.69, 9.17) is 14.2 Å². The summed E-state index contributed by atoms with van der Waals surface area (Å²) < 4.78 is 17.0. The minimum absolute atomic E-state index is 0.0659. The van der Waals surface area contributed by atoms with Gasteiger partial charge in [0.1, 0.15) is 13.2 Å². The van der Waals surface area contributed by atoms with Crippen molar-refractivity contribution in [1.29, 1.82) is 0 Å². The molecule has 0 spiro atoms. The van der Waals surface area contributed by atoms with E-state index in [2.05, 4.69) is 32.9 Å². The van der Waals surface area contributed by atoms with Gasteiger partial charge in [0.2, 0.25) is 0 Å². The molecule has 0 amide bonds. The number of ether oxygens (including phenoxy) is 3. The van der Waals surface area contributed by atoms with Crippen LogP contribution in [-0.2, 0) is 28.6 Å². The largest absolute Gasteiger partial charge is 0.462 e. The molecule has 0 fully saturated rings. The average molecular weight is 1110 g/mol. The van der Waals surface area contributed by atoms with Crippen molar-refractivity contribution in [2.24, 2.45) is 0 Å². The zero-order valence-electron chi connectivity index (χ0n) is 53.9. The van der Waals surface area contributed by atoms with E-state index in [1.54, 1.807) is 0 Å². The summed E-state index contributed by atoms with van der Waals surface area (Å²) in [6.07, 6.45) is 82.7. The van der Waals surface area contributed by atoms with Crippen molar-refractivity contribution < 1.29 is 28.6 Å². The van der Waals surface area contributed by atoms with Gasteiger partial charge in [-0.25, -0.2) is 0 Å². The normalized spacial score (nSPS) is 12.0. The molecule has 0 aromatic heterocycles. The number of esters is 3. The molecule has 1 unspecified atom stereocenters. The van der Waals surface area contributed by atoms with Gasteiger partial charge in [-0.2, -0.15) is 0 Å². The highest BCUT2D eigenvalue weighted by atomic mass is 16.6. The third-order valence-electron chi connectivity index (χ3n) is 16.8. The number of unbranched alkanes of at least 4 members (excludes halogenated alkanes) is 55. The van der Waals surface area contributed by atoms with Crippen LogP contribution in [0.2, 0.25) is 0 Å². The molecular weight excluding hydrogens is 973 g/mol. The summed E-state index contributed by atoms with van der Waals surface area (Å²) in [4.78, 5) is 38.3.